The summed E-state index contributed by atoms with van der Waals surface area (Å²) in [6, 6.07) is 30.6. The third kappa shape index (κ3) is 3.29. The van der Waals surface area contributed by atoms with Gasteiger partial charge in [0.15, 0.2) is 0 Å². The van der Waals surface area contributed by atoms with Gasteiger partial charge in [0.25, 0.3) is 0 Å². The van der Waals surface area contributed by atoms with Gasteiger partial charge in [0, 0.05) is 11.6 Å². The summed E-state index contributed by atoms with van der Waals surface area (Å²) in [5.41, 5.74) is 4.07. The van der Waals surface area contributed by atoms with Crippen LogP contribution < -0.4 is 5.32 Å². The quantitative estimate of drug-likeness (QED) is 0.490. The number of rotatable bonds is 4. The molecule has 0 bridgehead atoms. The SMILES string of the molecule is O=C(Nc1cccc2cccnc12)C1C(c2ccccc2)CC1c1ccccc1. The second kappa shape index (κ2) is 7.51. The Balaban J connectivity index is 1.48. The van der Waals surface area contributed by atoms with Gasteiger partial charge < -0.3 is 5.32 Å². The van der Waals surface area contributed by atoms with Crippen molar-refractivity contribution in [2.75, 3.05) is 5.32 Å². The zero-order valence-corrected chi connectivity index (χ0v) is 16.0. The van der Waals surface area contributed by atoms with Gasteiger partial charge in [-0.05, 0) is 41.5 Å². The first-order valence-corrected chi connectivity index (χ1v) is 10.1. The number of aromatic nitrogens is 1. The van der Waals surface area contributed by atoms with Crippen molar-refractivity contribution in [3.05, 3.63) is 108 Å². The highest BCUT2D eigenvalue weighted by molar-refractivity contribution is 6.02. The highest BCUT2D eigenvalue weighted by Crippen LogP contribution is 2.53. The number of carbonyl (C=O) groups is 1. The number of amides is 1. The molecule has 1 fully saturated rings. The van der Waals surface area contributed by atoms with Crippen LogP contribution in [-0.4, -0.2) is 10.9 Å². The van der Waals surface area contributed by atoms with Crippen molar-refractivity contribution in [1.29, 1.82) is 0 Å². The van der Waals surface area contributed by atoms with Crippen LogP contribution in [0.3, 0.4) is 0 Å². The minimum Gasteiger partial charge on any atom is -0.324 e. The number of fused-ring (bicyclic) bond motifs is 1. The van der Waals surface area contributed by atoms with Crippen LogP contribution >= 0.6 is 0 Å². The number of nitrogens with zero attached hydrogens (tertiary/aromatic N) is 1. The van der Waals surface area contributed by atoms with Gasteiger partial charge in [-0.3, -0.25) is 9.78 Å². The molecule has 2 atom stereocenters. The topological polar surface area (TPSA) is 42.0 Å². The molecule has 1 amide bonds. The maximum Gasteiger partial charge on any atom is 0.228 e. The molecule has 1 aliphatic rings. The molecule has 3 nitrogen and oxygen atoms in total. The van der Waals surface area contributed by atoms with Crippen LogP contribution in [0, 0.1) is 5.92 Å². The Bertz CT molecular complexity index is 1090. The predicted octanol–water partition coefficient (Wildman–Crippen LogP) is 5.76. The van der Waals surface area contributed by atoms with Gasteiger partial charge in [-0.25, -0.2) is 0 Å². The number of para-hydroxylation sites is 1. The number of carbonyl (C=O) groups excluding carboxylic acids is 1. The van der Waals surface area contributed by atoms with Crippen molar-refractivity contribution >= 4 is 22.5 Å². The molecule has 3 aromatic carbocycles. The third-order valence-corrected chi connectivity index (χ3v) is 6.02. The molecule has 1 N–H and O–H groups in total. The summed E-state index contributed by atoms with van der Waals surface area (Å²) in [5, 5.41) is 4.21. The fourth-order valence-corrected chi connectivity index (χ4v) is 4.53. The number of hydrogen-bond donors (Lipinski definition) is 1. The van der Waals surface area contributed by atoms with Crippen LogP contribution in [0.15, 0.2) is 97.2 Å². The molecule has 1 saturated carbocycles. The van der Waals surface area contributed by atoms with Crippen molar-refractivity contribution < 1.29 is 4.79 Å². The number of anilines is 1. The largest absolute Gasteiger partial charge is 0.324 e. The predicted molar refractivity (Wildman–Crippen MR) is 117 cm³/mol. The van der Waals surface area contributed by atoms with Crippen LogP contribution in [0.2, 0.25) is 0 Å². The summed E-state index contributed by atoms with van der Waals surface area (Å²) < 4.78 is 0. The average molecular weight is 378 g/mol. The van der Waals surface area contributed by atoms with E-state index < -0.39 is 0 Å². The molecule has 4 aromatic rings. The lowest BCUT2D eigenvalue weighted by molar-refractivity contribution is -0.124. The van der Waals surface area contributed by atoms with Crippen LogP contribution in [0.4, 0.5) is 5.69 Å². The average Bonchev–Trinajstić information content (AvgIpc) is 2.75. The first-order valence-electron chi connectivity index (χ1n) is 10.1. The molecule has 1 heterocycles. The highest BCUT2D eigenvalue weighted by Gasteiger charge is 2.46. The van der Waals surface area contributed by atoms with Crippen molar-refractivity contribution in [3.8, 4) is 0 Å². The van der Waals surface area contributed by atoms with Gasteiger partial charge in [0.05, 0.1) is 17.1 Å². The molecule has 1 aliphatic carbocycles. The maximum atomic E-state index is 13.5. The summed E-state index contributed by atoms with van der Waals surface area (Å²) in [5.74, 6) is 0.421. The Labute approximate surface area is 170 Å². The smallest absolute Gasteiger partial charge is 0.228 e. The van der Waals surface area contributed by atoms with E-state index in [0.29, 0.717) is 0 Å². The molecule has 5 rings (SSSR count). The molecular weight excluding hydrogens is 356 g/mol. The Hall–Kier alpha value is -3.46. The fraction of sp³-hybridized carbons (Fsp3) is 0.154. The van der Waals surface area contributed by atoms with Crippen molar-refractivity contribution in [2.45, 2.75) is 18.3 Å². The highest BCUT2D eigenvalue weighted by atomic mass is 16.2. The molecule has 1 aromatic heterocycles. The van der Waals surface area contributed by atoms with E-state index >= 15 is 0 Å². The minimum atomic E-state index is -0.0984. The van der Waals surface area contributed by atoms with Gasteiger partial charge >= 0.3 is 0 Å². The Kier molecular flexibility index (Phi) is 4.57. The number of benzene rings is 3. The van der Waals surface area contributed by atoms with Crippen LogP contribution in [-0.2, 0) is 4.79 Å². The molecule has 3 heteroatoms. The van der Waals surface area contributed by atoms with E-state index in [4.69, 9.17) is 0 Å². The van der Waals surface area contributed by atoms with Gasteiger partial charge in [0.1, 0.15) is 0 Å². The first kappa shape index (κ1) is 17.6. The lowest BCUT2D eigenvalue weighted by Crippen LogP contribution is -2.42. The lowest BCUT2D eigenvalue weighted by Gasteiger charge is -2.44. The van der Waals surface area contributed by atoms with Crippen molar-refractivity contribution in [3.63, 3.8) is 0 Å². The molecule has 142 valence electrons. The first-order chi connectivity index (χ1) is 14.3. The number of pyridine rings is 1. The minimum absolute atomic E-state index is 0.0668. The Morgan fingerprint density at radius 1 is 0.759 bits per heavy atom. The zero-order chi connectivity index (χ0) is 19.6. The number of nitrogens with one attached hydrogen (secondary N) is 1. The van der Waals surface area contributed by atoms with Gasteiger partial charge in [-0.2, -0.15) is 0 Å². The molecule has 0 spiro atoms. The lowest BCUT2D eigenvalue weighted by atomic mass is 9.59. The fourth-order valence-electron chi connectivity index (χ4n) is 4.53. The van der Waals surface area contributed by atoms with E-state index in [1.165, 1.54) is 11.1 Å². The molecule has 29 heavy (non-hydrogen) atoms. The van der Waals surface area contributed by atoms with E-state index in [1.807, 2.05) is 42.5 Å². The van der Waals surface area contributed by atoms with Crippen LogP contribution in [0.1, 0.15) is 29.4 Å². The molecule has 2 unspecified atom stereocenters. The summed E-state index contributed by atoms with van der Waals surface area (Å²) in [7, 11) is 0. The molecule has 0 radical (unpaired) electrons. The van der Waals surface area contributed by atoms with E-state index in [0.717, 1.165) is 23.0 Å². The molecule has 0 aliphatic heterocycles. The van der Waals surface area contributed by atoms with Gasteiger partial charge in [-0.1, -0.05) is 78.9 Å². The Morgan fingerprint density at radius 3 is 2.03 bits per heavy atom. The number of hydrogen-bond acceptors (Lipinski definition) is 2. The van der Waals surface area contributed by atoms with Crippen LogP contribution in [0.5, 0.6) is 0 Å². The van der Waals surface area contributed by atoms with E-state index in [9.17, 15) is 4.79 Å². The molecule has 0 saturated heterocycles. The second-order valence-electron chi connectivity index (χ2n) is 7.67. The van der Waals surface area contributed by atoms with Crippen LogP contribution in [0.25, 0.3) is 10.9 Å². The van der Waals surface area contributed by atoms with E-state index in [2.05, 4.69) is 58.8 Å². The second-order valence-corrected chi connectivity index (χ2v) is 7.67. The summed E-state index contributed by atoms with van der Waals surface area (Å²) in [4.78, 5) is 17.9. The summed E-state index contributed by atoms with van der Waals surface area (Å²) >= 11 is 0. The summed E-state index contributed by atoms with van der Waals surface area (Å²) in [6.45, 7) is 0. The Morgan fingerprint density at radius 2 is 1.38 bits per heavy atom. The van der Waals surface area contributed by atoms with E-state index in [-0.39, 0.29) is 23.7 Å². The molecular formula is C26H22N2O. The normalized spacial score (nSPS) is 20.8. The van der Waals surface area contributed by atoms with Gasteiger partial charge in [0.2, 0.25) is 5.91 Å². The standard InChI is InChI=1S/C26H22N2O/c29-26(28-23-15-7-13-20-14-8-16-27-25(20)23)24-21(18-9-3-1-4-10-18)17-22(24)19-11-5-2-6-12-19/h1-16,21-22,24H,17H2,(H,28,29). The van der Waals surface area contributed by atoms with E-state index in [1.54, 1.807) is 6.20 Å². The van der Waals surface area contributed by atoms with Gasteiger partial charge in [-0.15, -0.1) is 0 Å². The monoisotopic (exact) mass is 378 g/mol. The maximum absolute atomic E-state index is 13.5. The van der Waals surface area contributed by atoms with Crippen molar-refractivity contribution in [2.24, 2.45) is 5.92 Å². The third-order valence-electron chi connectivity index (χ3n) is 6.02. The zero-order valence-electron chi connectivity index (χ0n) is 16.0. The summed E-state index contributed by atoms with van der Waals surface area (Å²) in [6.07, 6.45) is 2.75. The van der Waals surface area contributed by atoms with Crippen molar-refractivity contribution in [1.82, 2.24) is 4.98 Å².